The first kappa shape index (κ1) is 13.2. The zero-order valence-corrected chi connectivity index (χ0v) is 10.3. The standard InChI is InChI=1S/C13H17NO3/c1-7(2)4-9-5-10(12(14)15)8(3)11(6-9)13(16)17/h5-7H,4H2,1-3H3,(H2,14,15)(H,16,17). The molecule has 0 fully saturated rings. The minimum absolute atomic E-state index is 0.150. The third-order valence-corrected chi connectivity index (χ3v) is 2.61. The number of benzene rings is 1. The van der Waals surface area contributed by atoms with Gasteiger partial charge in [-0.15, -0.1) is 0 Å². The number of carboxylic acids is 1. The maximum absolute atomic E-state index is 11.3. The van der Waals surface area contributed by atoms with Gasteiger partial charge in [0.2, 0.25) is 5.91 Å². The van der Waals surface area contributed by atoms with E-state index in [-0.39, 0.29) is 5.56 Å². The second kappa shape index (κ2) is 4.99. The maximum atomic E-state index is 11.3. The van der Waals surface area contributed by atoms with Gasteiger partial charge in [0.15, 0.2) is 0 Å². The predicted molar refractivity (Wildman–Crippen MR) is 65.2 cm³/mol. The van der Waals surface area contributed by atoms with Crippen molar-refractivity contribution in [3.05, 3.63) is 34.4 Å². The lowest BCUT2D eigenvalue weighted by atomic mass is 9.94. The molecule has 0 bridgehead atoms. The van der Waals surface area contributed by atoms with E-state index in [0.717, 1.165) is 12.0 Å². The zero-order chi connectivity index (χ0) is 13.2. The van der Waals surface area contributed by atoms with Crippen LogP contribution >= 0.6 is 0 Å². The van der Waals surface area contributed by atoms with Crippen molar-refractivity contribution in [3.8, 4) is 0 Å². The lowest BCUT2D eigenvalue weighted by Crippen LogP contribution is -2.16. The van der Waals surface area contributed by atoms with Crippen LogP contribution < -0.4 is 5.73 Å². The van der Waals surface area contributed by atoms with Gasteiger partial charge in [-0.05, 0) is 42.5 Å². The number of nitrogens with two attached hydrogens (primary N) is 1. The lowest BCUT2D eigenvalue weighted by molar-refractivity contribution is 0.0696. The largest absolute Gasteiger partial charge is 0.478 e. The number of carbonyl (C=O) groups excluding carboxylic acids is 1. The molecule has 1 aromatic rings. The molecule has 1 rings (SSSR count). The van der Waals surface area contributed by atoms with Crippen molar-refractivity contribution >= 4 is 11.9 Å². The number of rotatable bonds is 4. The molecule has 1 amide bonds. The summed E-state index contributed by atoms with van der Waals surface area (Å²) in [6, 6.07) is 3.30. The Morgan fingerprint density at radius 3 is 2.24 bits per heavy atom. The van der Waals surface area contributed by atoms with Gasteiger partial charge in [0.05, 0.1) is 5.56 Å². The van der Waals surface area contributed by atoms with Gasteiger partial charge in [0, 0.05) is 5.56 Å². The summed E-state index contributed by atoms with van der Waals surface area (Å²) in [5.41, 5.74) is 6.95. The quantitative estimate of drug-likeness (QED) is 0.837. The van der Waals surface area contributed by atoms with E-state index in [1.54, 1.807) is 19.1 Å². The number of aromatic carboxylic acids is 1. The number of carbonyl (C=O) groups is 2. The van der Waals surface area contributed by atoms with Gasteiger partial charge in [0.1, 0.15) is 0 Å². The summed E-state index contributed by atoms with van der Waals surface area (Å²) in [5.74, 6) is -1.23. The summed E-state index contributed by atoms with van der Waals surface area (Å²) in [7, 11) is 0. The average Bonchev–Trinajstić information content (AvgIpc) is 2.18. The summed E-state index contributed by atoms with van der Waals surface area (Å²) >= 11 is 0. The molecule has 0 spiro atoms. The van der Waals surface area contributed by atoms with E-state index in [1.165, 1.54) is 0 Å². The van der Waals surface area contributed by atoms with Crippen LogP contribution in [0.15, 0.2) is 12.1 Å². The maximum Gasteiger partial charge on any atom is 0.335 e. The van der Waals surface area contributed by atoms with Gasteiger partial charge >= 0.3 is 5.97 Å². The second-order valence-corrected chi connectivity index (χ2v) is 4.58. The molecule has 0 heterocycles. The first-order valence-electron chi connectivity index (χ1n) is 5.49. The molecule has 17 heavy (non-hydrogen) atoms. The zero-order valence-electron chi connectivity index (χ0n) is 10.3. The molecule has 0 saturated carbocycles. The van der Waals surface area contributed by atoms with Crippen LogP contribution in [-0.2, 0) is 6.42 Å². The highest BCUT2D eigenvalue weighted by Gasteiger charge is 2.16. The molecule has 0 aliphatic carbocycles. The summed E-state index contributed by atoms with van der Waals surface area (Å²) < 4.78 is 0. The minimum Gasteiger partial charge on any atom is -0.478 e. The molecule has 3 N–H and O–H groups in total. The first-order chi connectivity index (χ1) is 7.82. The van der Waals surface area contributed by atoms with E-state index in [2.05, 4.69) is 0 Å². The monoisotopic (exact) mass is 235 g/mol. The van der Waals surface area contributed by atoms with Crippen molar-refractivity contribution in [2.45, 2.75) is 27.2 Å². The van der Waals surface area contributed by atoms with E-state index in [0.29, 0.717) is 17.0 Å². The van der Waals surface area contributed by atoms with Gasteiger partial charge in [0.25, 0.3) is 0 Å². The number of carboxylic acid groups (broad SMARTS) is 1. The number of hydrogen-bond acceptors (Lipinski definition) is 2. The molecule has 1 aromatic carbocycles. The lowest BCUT2D eigenvalue weighted by Gasteiger charge is -2.11. The van der Waals surface area contributed by atoms with Crippen LogP contribution in [0.1, 0.15) is 45.7 Å². The van der Waals surface area contributed by atoms with E-state index in [4.69, 9.17) is 10.8 Å². The Labute approximate surface area is 100 Å². The predicted octanol–water partition coefficient (Wildman–Crippen LogP) is 1.99. The van der Waals surface area contributed by atoms with Crippen molar-refractivity contribution in [1.82, 2.24) is 0 Å². The molecular formula is C13H17NO3. The van der Waals surface area contributed by atoms with Crippen molar-refractivity contribution < 1.29 is 14.7 Å². The van der Waals surface area contributed by atoms with Crippen LogP contribution in [0.4, 0.5) is 0 Å². The van der Waals surface area contributed by atoms with Gasteiger partial charge in [-0.2, -0.15) is 0 Å². The highest BCUT2D eigenvalue weighted by molar-refractivity contribution is 5.99. The van der Waals surface area contributed by atoms with Crippen LogP contribution in [-0.4, -0.2) is 17.0 Å². The second-order valence-electron chi connectivity index (χ2n) is 4.58. The van der Waals surface area contributed by atoms with Crippen LogP contribution in [0.3, 0.4) is 0 Å². The molecule has 4 nitrogen and oxygen atoms in total. The molecule has 0 radical (unpaired) electrons. The molecule has 0 aliphatic heterocycles. The normalized spacial score (nSPS) is 10.6. The summed E-state index contributed by atoms with van der Waals surface area (Å²) in [4.78, 5) is 22.3. The van der Waals surface area contributed by atoms with Crippen LogP contribution in [0.25, 0.3) is 0 Å². The van der Waals surface area contributed by atoms with E-state index in [1.807, 2.05) is 13.8 Å². The highest BCUT2D eigenvalue weighted by Crippen LogP contribution is 2.19. The molecule has 0 aromatic heterocycles. The minimum atomic E-state index is -1.03. The topological polar surface area (TPSA) is 80.4 Å². The summed E-state index contributed by atoms with van der Waals surface area (Å²) in [5, 5.41) is 9.08. The number of hydrogen-bond donors (Lipinski definition) is 2. The van der Waals surface area contributed by atoms with Gasteiger partial charge in [-0.1, -0.05) is 13.8 Å². The van der Waals surface area contributed by atoms with Crippen molar-refractivity contribution in [2.24, 2.45) is 11.7 Å². The molecule has 0 atom stereocenters. The Morgan fingerprint density at radius 1 is 1.29 bits per heavy atom. The third-order valence-electron chi connectivity index (χ3n) is 2.61. The number of primary amides is 1. The molecule has 0 saturated heterocycles. The van der Waals surface area contributed by atoms with Gasteiger partial charge < -0.3 is 10.8 Å². The van der Waals surface area contributed by atoms with Crippen LogP contribution in [0.5, 0.6) is 0 Å². The first-order valence-corrected chi connectivity index (χ1v) is 5.49. The fourth-order valence-electron chi connectivity index (χ4n) is 1.84. The van der Waals surface area contributed by atoms with Crippen LogP contribution in [0, 0.1) is 12.8 Å². The highest BCUT2D eigenvalue weighted by atomic mass is 16.4. The van der Waals surface area contributed by atoms with E-state index in [9.17, 15) is 9.59 Å². The molecule has 4 heteroatoms. The molecule has 0 aliphatic rings. The van der Waals surface area contributed by atoms with Gasteiger partial charge in [-0.25, -0.2) is 4.79 Å². The van der Waals surface area contributed by atoms with Crippen molar-refractivity contribution in [2.75, 3.05) is 0 Å². The Morgan fingerprint density at radius 2 is 1.82 bits per heavy atom. The Kier molecular flexibility index (Phi) is 3.89. The molecule has 0 unspecified atom stereocenters. The fourth-order valence-corrected chi connectivity index (χ4v) is 1.84. The average molecular weight is 235 g/mol. The van der Waals surface area contributed by atoms with Crippen LogP contribution in [0.2, 0.25) is 0 Å². The van der Waals surface area contributed by atoms with Gasteiger partial charge in [-0.3, -0.25) is 4.79 Å². The molecule has 92 valence electrons. The molecular weight excluding hydrogens is 218 g/mol. The Bertz CT molecular complexity index is 429. The third kappa shape index (κ3) is 3.06. The Hall–Kier alpha value is -1.84. The SMILES string of the molecule is Cc1c(C(N)=O)cc(CC(C)C)cc1C(=O)O. The smallest absolute Gasteiger partial charge is 0.335 e. The van der Waals surface area contributed by atoms with E-state index < -0.39 is 11.9 Å². The summed E-state index contributed by atoms with van der Waals surface area (Å²) in [6.07, 6.45) is 0.723. The Balaban J connectivity index is 3.36. The van der Waals surface area contributed by atoms with E-state index >= 15 is 0 Å². The van der Waals surface area contributed by atoms with Crippen molar-refractivity contribution in [1.29, 1.82) is 0 Å². The van der Waals surface area contributed by atoms with Crippen molar-refractivity contribution in [3.63, 3.8) is 0 Å². The number of amides is 1. The summed E-state index contributed by atoms with van der Waals surface area (Å²) in [6.45, 7) is 5.66. The fraction of sp³-hybridized carbons (Fsp3) is 0.385.